The quantitative estimate of drug-likeness (QED) is 0.509. The molecule has 0 atom stereocenters. The van der Waals surface area contributed by atoms with E-state index in [1.165, 1.54) is 0 Å². The molecule has 0 unspecified atom stereocenters. The number of aldehydes is 1. The van der Waals surface area contributed by atoms with Crippen molar-refractivity contribution in [1.29, 1.82) is 0 Å². The van der Waals surface area contributed by atoms with Gasteiger partial charge in [0.05, 0.1) is 5.56 Å². The summed E-state index contributed by atoms with van der Waals surface area (Å²) in [5.74, 6) is 0. The van der Waals surface area contributed by atoms with Crippen LogP contribution in [0.4, 0.5) is 0 Å². The first-order valence-electron chi connectivity index (χ1n) is 5.29. The molecule has 0 radical (unpaired) electrons. The topological polar surface area (TPSA) is 49.9 Å². The molecule has 3 aromatic rings. The van der Waals surface area contributed by atoms with Crippen molar-refractivity contribution in [2.75, 3.05) is 0 Å². The van der Waals surface area contributed by atoms with Crippen molar-refractivity contribution in [3.8, 4) is 0 Å². The maximum absolute atomic E-state index is 11.5. The first-order chi connectivity index (χ1) is 8.28. The van der Waals surface area contributed by atoms with Crippen molar-refractivity contribution in [1.82, 2.24) is 4.98 Å². The molecule has 1 heterocycles. The lowest BCUT2D eigenvalue weighted by Crippen LogP contribution is -2.11. The molecule has 0 saturated heterocycles. The van der Waals surface area contributed by atoms with Crippen LogP contribution < -0.4 is 5.56 Å². The van der Waals surface area contributed by atoms with Crippen LogP contribution in [0.25, 0.3) is 21.7 Å². The zero-order valence-electron chi connectivity index (χ0n) is 8.94. The molecule has 3 rings (SSSR count). The van der Waals surface area contributed by atoms with Gasteiger partial charge in [-0.25, -0.2) is 0 Å². The number of H-pyrrole nitrogens is 1. The van der Waals surface area contributed by atoms with E-state index >= 15 is 0 Å². The summed E-state index contributed by atoms with van der Waals surface area (Å²) in [5.41, 5.74) is 0.565. The fourth-order valence-electron chi connectivity index (χ4n) is 2.00. The molecule has 0 bridgehead atoms. The Hall–Kier alpha value is -2.42. The van der Waals surface area contributed by atoms with Crippen molar-refractivity contribution in [2.45, 2.75) is 0 Å². The zero-order valence-corrected chi connectivity index (χ0v) is 8.94. The van der Waals surface area contributed by atoms with Crippen molar-refractivity contribution >= 4 is 28.0 Å². The average molecular weight is 223 g/mol. The molecular formula is C14H9NO2. The molecule has 3 heteroatoms. The number of pyridine rings is 1. The molecule has 0 fully saturated rings. The summed E-state index contributed by atoms with van der Waals surface area (Å²) in [6, 6.07) is 13.4. The molecule has 0 amide bonds. The summed E-state index contributed by atoms with van der Waals surface area (Å²) < 4.78 is 0. The van der Waals surface area contributed by atoms with E-state index in [-0.39, 0.29) is 11.1 Å². The first kappa shape index (κ1) is 9.78. The monoisotopic (exact) mass is 223 g/mol. The minimum Gasteiger partial charge on any atom is -0.321 e. The Morgan fingerprint density at radius 1 is 0.941 bits per heavy atom. The fourth-order valence-corrected chi connectivity index (χ4v) is 2.00. The van der Waals surface area contributed by atoms with Gasteiger partial charge in [0.25, 0.3) is 5.56 Å². The van der Waals surface area contributed by atoms with Crippen LogP contribution in [0.1, 0.15) is 10.4 Å². The number of aromatic nitrogens is 1. The van der Waals surface area contributed by atoms with E-state index in [9.17, 15) is 9.59 Å². The van der Waals surface area contributed by atoms with Gasteiger partial charge in [0.1, 0.15) is 0 Å². The van der Waals surface area contributed by atoms with Crippen LogP contribution in [0.2, 0.25) is 0 Å². The molecule has 1 N–H and O–H groups in total. The van der Waals surface area contributed by atoms with E-state index in [0.29, 0.717) is 6.29 Å². The van der Waals surface area contributed by atoms with E-state index < -0.39 is 0 Å². The second-order valence-corrected chi connectivity index (χ2v) is 3.96. The highest BCUT2D eigenvalue weighted by molar-refractivity contribution is 5.97. The van der Waals surface area contributed by atoms with Crippen LogP contribution in [0.15, 0.2) is 47.3 Å². The summed E-state index contributed by atoms with van der Waals surface area (Å²) >= 11 is 0. The molecule has 0 aliphatic heterocycles. The van der Waals surface area contributed by atoms with Gasteiger partial charge in [-0.3, -0.25) is 9.59 Å². The Morgan fingerprint density at radius 3 is 2.35 bits per heavy atom. The van der Waals surface area contributed by atoms with Gasteiger partial charge in [-0.15, -0.1) is 0 Å². The van der Waals surface area contributed by atoms with E-state index in [4.69, 9.17) is 0 Å². The number of nitrogens with one attached hydrogen (secondary N) is 1. The lowest BCUT2D eigenvalue weighted by atomic mass is 10.1. The van der Waals surface area contributed by atoms with Crippen molar-refractivity contribution < 1.29 is 4.79 Å². The number of benzene rings is 2. The normalized spacial score (nSPS) is 10.8. The minimum atomic E-state index is -0.345. The standard InChI is InChI=1S/C14H9NO2/c16-8-12-6-11-5-9-3-1-2-4-10(9)7-13(11)15-14(12)17/h1-8H,(H,15,17). The van der Waals surface area contributed by atoms with Gasteiger partial charge in [0.2, 0.25) is 0 Å². The summed E-state index contributed by atoms with van der Waals surface area (Å²) in [4.78, 5) is 24.9. The van der Waals surface area contributed by atoms with Crippen molar-refractivity contribution in [2.24, 2.45) is 0 Å². The molecule has 0 aliphatic carbocycles. The highest BCUT2D eigenvalue weighted by Gasteiger charge is 2.03. The molecular weight excluding hydrogens is 214 g/mol. The van der Waals surface area contributed by atoms with Gasteiger partial charge in [-0.2, -0.15) is 0 Å². The highest BCUT2D eigenvalue weighted by atomic mass is 16.1. The van der Waals surface area contributed by atoms with Gasteiger partial charge < -0.3 is 4.98 Å². The summed E-state index contributed by atoms with van der Waals surface area (Å²) in [6.07, 6.45) is 0.577. The van der Waals surface area contributed by atoms with Crippen LogP contribution in [-0.4, -0.2) is 11.3 Å². The zero-order chi connectivity index (χ0) is 11.8. The molecule has 0 aliphatic rings. The molecule has 17 heavy (non-hydrogen) atoms. The Kier molecular flexibility index (Phi) is 2.05. The SMILES string of the molecule is O=Cc1cc2cc3ccccc3cc2[nH]c1=O. The Bertz CT molecular complexity index is 787. The Morgan fingerprint density at radius 2 is 1.65 bits per heavy atom. The predicted molar refractivity (Wildman–Crippen MR) is 67.5 cm³/mol. The smallest absolute Gasteiger partial charge is 0.259 e. The fraction of sp³-hybridized carbons (Fsp3) is 0. The van der Waals surface area contributed by atoms with E-state index in [0.717, 1.165) is 21.7 Å². The first-order valence-corrected chi connectivity index (χ1v) is 5.29. The number of aromatic amines is 1. The van der Waals surface area contributed by atoms with E-state index in [1.807, 2.05) is 36.4 Å². The van der Waals surface area contributed by atoms with Gasteiger partial charge >= 0.3 is 0 Å². The van der Waals surface area contributed by atoms with Gasteiger partial charge in [0.15, 0.2) is 6.29 Å². The van der Waals surface area contributed by atoms with Crippen LogP contribution in [0, 0.1) is 0 Å². The lowest BCUT2D eigenvalue weighted by molar-refractivity contribution is 0.112. The highest BCUT2D eigenvalue weighted by Crippen LogP contribution is 2.20. The summed E-state index contributed by atoms with van der Waals surface area (Å²) in [7, 11) is 0. The van der Waals surface area contributed by atoms with Crippen LogP contribution >= 0.6 is 0 Å². The van der Waals surface area contributed by atoms with Crippen LogP contribution in [0.5, 0.6) is 0 Å². The average Bonchev–Trinajstić information content (AvgIpc) is 2.35. The maximum atomic E-state index is 11.5. The molecule has 2 aromatic carbocycles. The number of hydrogen-bond donors (Lipinski definition) is 1. The van der Waals surface area contributed by atoms with Crippen molar-refractivity contribution in [3.05, 3.63) is 58.4 Å². The molecule has 82 valence electrons. The Labute approximate surface area is 96.7 Å². The Balaban J connectivity index is 2.48. The number of rotatable bonds is 1. The molecule has 0 spiro atoms. The van der Waals surface area contributed by atoms with Crippen LogP contribution in [0.3, 0.4) is 0 Å². The number of carbonyl (C=O) groups is 1. The third-order valence-electron chi connectivity index (χ3n) is 2.87. The van der Waals surface area contributed by atoms with E-state index in [2.05, 4.69) is 4.98 Å². The second kappa shape index (κ2) is 3.56. The summed E-state index contributed by atoms with van der Waals surface area (Å²) in [6.45, 7) is 0. The number of hydrogen-bond acceptors (Lipinski definition) is 2. The van der Waals surface area contributed by atoms with E-state index in [1.54, 1.807) is 6.07 Å². The third-order valence-corrected chi connectivity index (χ3v) is 2.87. The van der Waals surface area contributed by atoms with Crippen molar-refractivity contribution in [3.63, 3.8) is 0 Å². The van der Waals surface area contributed by atoms with Gasteiger partial charge in [-0.05, 0) is 34.4 Å². The number of fused-ring (bicyclic) bond motifs is 2. The molecule has 3 nitrogen and oxygen atoms in total. The largest absolute Gasteiger partial charge is 0.321 e. The molecule has 0 saturated carbocycles. The van der Waals surface area contributed by atoms with Gasteiger partial charge in [-0.1, -0.05) is 24.3 Å². The molecule has 1 aromatic heterocycles. The minimum absolute atomic E-state index is 0.160. The maximum Gasteiger partial charge on any atom is 0.259 e. The second-order valence-electron chi connectivity index (χ2n) is 3.96. The van der Waals surface area contributed by atoms with Crippen LogP contribution in [-0.2, 0) is 0 Å². The predicted octanol–water partition coefficient (Wildman–Crippen LogP) is 2.49. The lowest BCUT2D eigenvalue weighted by Gasteiger charge is -2.02. The summed E-state index contributed by atoms with van der Waals surface area (Å²) in [5, 5.41) is 3.02. The number of carbonyl (C=O) groups excluding carboxylic acids is 1. The van der Waals surface area contributed by atoms with Gasteiger partial charge in [0, 0.05) is 5.52 Å². The third kappa shape index (κ3) is 1.52.